The van der Waals surface area contributed by atoms with Gasteiger partial charge in [0, 0.05) is 0 Å². The highest BCUT2D eigenvalue weighted by molar-refractivity contribution is 14.1. The fourth-order valence-electron chi connectivity index (χ4n) is 1.37. The molecule has 2 N–H and O–H groups in total. The normalized spacial score (nSPS) is 10.6. The van der Waals surface area contributed by atoms with Gasteiger partial charge in [-0.3, -0.25) is 0 Å². The third-order valence-electron chi connectivity index (χ3n) is 2.15. The van der Waals surface area contributed by atoms with Crippen molar-refractivity contribution >= 4 is 51.5 Å². The van der Waals surface area contributed by atoms with Gasteiger partial charge in [0.1, 0.15) is 10.8 Å². The van der Waals surface area contributed by atoms with Crippen LogP contribution in [0.25, 0.3) is 10.5 Å². The molecule has 2 aromatic heterocycles. The molecule has 16 heavy (non-hydrogen) atoms. The minimum absolute atomic E-state index is 0.357. The van der Waals surface area contributed by atoms with Gasteiger partial charge < -0.3 is 5.73 Å². The Balaban J connectivity index is 2.94. The molecule has 5 nitrogen and oxygen atoms in total. The smallest absolute Gasteiger partial charge is 0.259 e. The van der Waals surface area contributed by atoms with Crippen molar-refractivity contribution in [3.05, 3.63) is 20.7 Å². The van der Waals surface area contributed by atoms with Crippen molar-refractivity contribution in [1.29, 1.82) is 0 Å². The highest BCUT2D eigenvalue weighted by Gasteiger charge is 2.17. The number of nitrogens with two attached hydrogens (primary N) is 1. The van der Waals surface area contributed by atoms with Gasteiger partial charge in [-0.1, -0.05) is 0 Å². The minimum Gasteiger partial charge on any atom is -0.392 e. The van der Waals surface area contributed by atoms with Crippen LogP contribution in [0.3, 0.4) is 0 Å². The Bertz CT molecular complexity index is 613. The maximum atomic E-state index is 7.11. The zero-order chi connectivity index (χ0) is 11.9. The number of halogens is 1. The van der Waals surface area contributed by atoms with E-state index in [2.05, 4.69) is 37.5 Å². The number of aromatic nitrogens is 3. The van der Waals surface area contributed by atoms with E-state index in [1.165, 1.54) is 16.3 Å². The highest BCUT2D eigenvalue weighted by atomic mass is 127. The maximum Gasteiger partial charge on any atom is 0.259 e. The molecular weight excluding hydrogens is 337 g/mol. The van der Waals surface area contributed by atoms with Crippen molar-refractivity contribution in [2.75, 3.05) is 12.0 Å². The summed E-state index contributed by atoms with van der Waals surface area (Å²) in [5.41, 5.74) is 7.88. The van der Waals surface area contributed by atoms with E-state index in [0.29, 0.717) is 22.2 Å². The lowest BCUT2D eigenvalue weighted by atomic mass is 10.4. The number of hydrogen-bond acceptors (Lipinski definition) is 4. The second kappa shape index (κ2) is 4.10. The minimum atomic E-state index is 0.357. The fourth-order valence-corrected chi connectivity index (χ4v) is 2.35. The molecule has 0 spiro atoms. The molecule has 0 fully saturated rings. The highest BCUT2D eigenvalue weighted by Crippen LogP contribution is 2.33. The molecule has 82 valence electrons. The van der Waals surface area contributed by atoms with Crippen LogP contribution < -0.4 is 5.73 Å². The summed E-state index contributed by atoms with van der Waals surface area (Å²) in [7, 11) is 0. The van der Waals surface area contributed by atoms with Gasteiger partial charge in [-0.2, -0.15) is 5.10 Å². The molecule has 2 heterocycles. The van der Waals surface area contributed by atoms with E-state index < -0.39 is 0 Å². The van der Waals surface area contributed by atoms with E-state index in [4.69, 9.17) is 12.3 Å². The maximum absolute atomic E-state index is 7.11. The van der Waals surface area contributed by atoms with Gasteiger partial charge >= 0.3 is 0 Å². The van der Waals surface area contributed by atoms with Crippen LogP contribution in [0.1, 0.15) is 5.69 Å². The fraction of sp³-hybridized carbons (Fsp3) is 0.222. The molecule has 0 aliphatic heterocycles. The molecule has 7 heteroatoms. The number of hydrogen-bond donors (Lipinski definition) is 1. The number of fused-ring (bicyclic) bond motifs is 1. The topological polar surface area (TPSA) is 60.6 Å². The Hall–Kier alpha value is -1.01. The average Bonchev–Trinajstić information content (AvgIpc) is 2.56. The summed E-state index contributed by atoms with van der Waals surface area (Å²) < 4.78 is 2.50. The van der Waals surface area contributed by atoms with Gasteiger partial charge in [0.2, 0.25) is 0 Å². The molecule has 0 amide bonds. The van der Waals surface area contributed by atoms with Crippen molar-refractivity contribution in [2.24, 2.45) is 0 Å². The van der Waals surface area contributed by atoms with Crippen LogP contribution in [-0.2, 0) is 0 Å². The van der Waals surface area contributed by atoms with Crippen molar-refractivity contribution < 1.29 is 0 Å². The Morgan fingerprint density at radius 2 is 2.25 bits per heavy atom. The number of nitrogens with zero attached hydrogens (tertiary/aromatic N) is 4. The Kier molecular flexibility index (Phi) is 2.94. The SMILES string of the molecule is [C-]#[N+]c1c(SC)nc2c(I)c(C)nn2c1N. The van der Waals surface area contributed by atoms with E-state index in [0.717, 1.165) is 9.26 Å². The molecule has 0 radical (unpaired) electrons. The van der Waals surface area contributed by atoms with E-state index in [9.17, 15) is 0 Å². The molecule has 0 atom stereocenters. The van der Waals surface area contributed by atoms with Gasteiger partial charge in [-0.15, -0.1) is 11.8 Å². The lowest BCUT2D eigenvalue weighted by Gasteiger charge is -2.05. The van der Waals surface area contributed by atoms with Gasteiger partial charge in [-0.05, 0) is 35.8 Å². The van der Waals surface area contributed by atoms with E-state index in [-0.39, 0.29) is 0 Å². The van der Waals surface area contributed by atoms with Crippen molar-refractivity contribution in [1.82, 2.24) is 14.6 Å². The summed E-state index contributed by atoms with van der Waals surface area (Å²) in [5, 5.41) is 4.92. The Morgan fingerprint density at radius 1 is 1.56 bits per heavy atom. The summed E-state index contributed by atoms with van der Waals surface area (Å²) in [6, 6.07) is 0. The van der Waals surface area contributed by atoms with E-state index in [1.54, 1.807) is 0 Å². The van der Waals surface area contributed by atoms with Gasteiger partial charge in [0.15, 0.2) is 5.65 Å². The quantitative estimate of drug-likeness (QED) is 0.373. The number of rotatable bonds is 1. The second-order valence-corrected chi connectivity index (χ2v) is 4.98. The van der Waals surface area contributed by atoms with Crippen molar-refractivity contribution in [2.45, 2.75) is 11.9 Å². The molecule has 0 aliphatic rings. The monoisotopic (exact) mass is 345 g/mol. The molecule has 0 bridgehead atoms. The lowest BCUT2D eigenvalue weighted by molar-refractivity contribution is 0.916. The average molecular weight is 345 g/mol. The number of thioether (sulfide) groups is 1. The molecule has 0 aliphatic carbocycles. The summed E-state index contributed by atoms with van der Waals surface area (Å²) in [6.07, 6.45) is 1.88. The van der Waals surface area contributed by atoms with E-state index in [1.807, 2.05) is 13.2 Å². The molecule has 2 rings (SSSR count). The zero-order valence-electron chi connectivity index (χ0n) is 8.65. The third kappa shape index (κ3) is 1.53. The van der Waals surface area contributed by atoms with Gasteiger partial charge in [-0.25, -0.2) is 14.3 Å². The van der Waals surface area contributed by atoms with Crippen LogP contribution in [0.15, 0.2) is 5.03 Å². The molecule has 0 saturated heterocycles. The first-order valence-corrected chi connectivity index (χ1v) is 6.66. The Morgan fingerprint density at radius 3 is 2.81 bits per heavy atom. The molecule has 0 unspecified atom stereocenters. The van der Waals surface area contributed by atoms with E-state index >= 15 is 0 Å². The molecule has 2 aromatic rings. The van der Waals surface area contributed by atoms with Crippen LogP contribution in [0.5, 0.6) is 0 Å². The van der Waals surface area contributed by atoms with Crippen molar-refractivity contribution in [3.63, 3.8) is 0 Å². The zero-order valence-corrected chi connectivity index (χ0v) is 11.6. The molecule has 0 aromatic carbocycles. The summed E-state index contributed by atoms with van der Waals surface area (Å²) in [4.78, 5) is 7.82. The largest absolute Gasteiger partial charge is 0.392 e. The van der Waals surface area contributed by atoms with Crippen LogP contribution in [0, 0.1) is 17.1 Å². The number of nitrogen functional groups attached to an aromatic ring is 1. The Labute approximate surface area is 110 Å². The van der Waals surface area contributed by atoms with Crippen LogP contribution >= 0.6 is 34.4 Å². The summed E-state index contributed by atoms with van der Waals surface area (Å²) in [5.74, 6) is 0.357. The van der Waals surface area contributed by atoms with Crippen LogP contribution in [0.4, 0.5) is 11.5 Å². The standard InChI is InChI=1S/C9H8IN5S/c1-4-5(10)8-13-9(16-3)6(12-2)7(11)15(8)14-4/h11H2,1,3H3. The summed E-state index contributed by atoms with van der Waals surface area (Å²) >= 11 is 3.60. The number of anilines is 1. The lowest BCUT2D eigenvalue weighted by Crippen LogP contribution is -2.01. The first-order chi connectivity index (χ1) is 7.60. The van der Waals surface area contributed by atoms with Gasteiger partial charge in [0.05, 0.1) is 15.8 Å². The first-order valence-electron chi connectivity index (χ1n) is 4.36. The third-order valence-corrected chi connectivity index (χ3v) is 4.08. The van der Waals surface area contributed by atoms with Crippen LogP contribution in [0.2, 0.25) is 0 Å². The first kappa shape index (κ1) is 11.5. The van der Waals surface area contributed by atoms with Crippen LogP contribution in [-0.4, -0.2) is 20.9 Å². The predicted octanol–water partition coefficient (Wildman–Crippen LogP) is 2.50. The van der Waals surface area contributed by atoms with Crippen molar-refractivity contribution in [3.8, 4) is 0 Å². The predicted molar refractivity (Wildman–Crippen MR) is 72.9 cm³/mol. The second-order valence-electron chi connectivity index (χ2n) is 3.10. The molecular formula is C9H8IN5S. The number of aryl methyl sites for hydroxylation is 1. The van der Waals surface area contributed by atoms with Gasteiger partial charge in [0.25, 0.3) is 5.69 Å². The summed E-state index contributed by atoms with van der Waals surface area (Å²) in [6.45, 7) is 9.01. The molecule has 0 saturated carbocycles.